The second-order valence-corrected chi connectivity index (χ2v) is 5.63. The molecule has 0 saturated carbocycles. The molecule has 0 aliphatic carbocycles. The standard InChI is InChI=1S/C13H18ClN3O/c1-13(2)6-3-7-17(13)11-5-4-9(8-10(11)14)12(15)16-18/h4-5,8,18H,3,6-7H2,1-2H3,(H2,15,16). The summed E-state index contributed by atoms with van der Waals surface area (Å²) >= 11 is 6.30. The number of amidine groups is 1. The quantitative estimate of drug-likeness (QED) is 0.375. The highest BCUT2D eigenvalue weighted by atomic mass is 35.5. The molecule has 0 atom stereocenters. The number of nitrogens with zero attached hydrogens (tertiary/aromatic N) is 2. The van der Waals surface area contributed by atoms with Crippen LogP contribution >= 0.6 is 11.6 Å². The monoisotopic (exact) mass is 267 g/mol. The summed E-state index contributed by atoms with van der Waals surface area (Å²) in [6.07, 6.45) is 2.33. The van der Waals surface area contributed by atoms with Gasteiger partial charge in [0.1, 0.15) is 0 Å². The third-order valence-electron chi connectivity index (χ3n) is 3.54. The molecular formula is C13H18ClN3O. The third-order valence-corrected chi connectivity index (χ3v) is 3.85. The fraction of sp³-hybridized carbons (Fsp3) is 0.462. The molecule has 3 N–H and O–H groups in total. The van der Waals surface area contributed by atoms with Crippen LogP contribution in [0.4, 0.5) is 5.69 Å². The van der Waals surface area contributed by atoms with E-state index in [1.807, 2.05) is 12.1 Å². The Morgan fingerprint density at radius 1 is 1.50 bits per heavy atom. The minimum atomic E-state index is 0.0733. The maximum Gasteiger partial charge on any atom is 0.170 e. The van der Waals surface area contributed by atoms with E-state index in [4.69, 9.17) is 22.5 Å². The summed E-state index contributed by atoms with van der Waals surface area (Å²) in [5, 5.41) is 12.3. The highest BCUT2D eigenvalue weighted by Crippen LogP contribution is 2.37. The van der Waals surface area contributed by atoms with E-state index in [0.29, 0.717) is 10.6 Å². The maximum atomic E-state index is 8.65. The average molecular weight is 268 g/mol. The van der Waals surface area contributed by atoms with Crippen LogP contribution in [0.5, 0.6) is 0 Å². The topological polar surface area (TPSA) is 61.8 Å². The summed E-state index contributed by atoms with van der Waals surface area (Å²) < 4.78 is 0. The summed E-state index contributed by atoms with van der Waals surface area (Å²) in [5.74, 6) is 0.0733. The number of halogens is 1. The summed E-state index contributed by atoms with van der Waals surface area (Å²) in [7, 11) is 0. The van der Waals surface area contributed by atoms with Crippen LogP contribution in [0, 0.1) is 0 Å². The fourth-order valence-corrected chi connectivity index (χ4v) is 2.78. The maximum absolute atomic E-state index is 8.65. The lowest BCUT2D eigenvalue weighted by Crippen LogP contribution is -2.38. The van der Waals surface area contributed by atoms with Gasteiger partial charge in [-0.3, -0.25) is 0 Å². The van der Waals surface area contributed by atoms with Crippen molar-refractivity contribution in [2.75, 3.05) is 11.4 Å². The van der Waals surface area contributed by atoms with Gasteiger partial charge in [-0.2, -0.15) is 0 Å². The molecule has 4 nitrogen and oxygen atoms in total. The van der Waals surface area contributed by atoms with Crippen molar-refractivity contribution in [3.63, 3.8) is 0 Å². The van der Waals surface area contributed by atoms with Crippen molar-refractivity contribution in [2.24, 2.45) is 10.9 Å². The van der Waals surface area contributed by atoms with Gasteiger partial charge in [0.15, 0.2) is 5.84 Å². The van der Waals surface area contributed by atoms with Crippen LogP contribution in [0.25, 0.3) is 0 Å². The van der Waals surface area contributed by atoms with Crippen molar-refractivity contribution in [1.29, 1.82) is 0 Å². The zero-order chi connectivity index (χ0) is 13.3. The SMILES string of the molecule is CC1(C)CCCN1c1ccc(C(N)=NO)cc1Cl. The fourth-order valence-electron chi connectivity index (χ4n) is 2.50. The van der Waals surface area contributed by atoms with Crippen LogP contribution in [0.1, 0.15) is 32.3 Å². The van der Waals surface area contributed by atoms with E-state index >= 15 is 0 Å². The Morgan fingerprint density at radius 3 is 2.72 bits per heavy atom. The lowest BCUT2D eigenvalue weighted by Gasteiger charge is -2.34. The van der Waals surface area contributed by atoms with Crippen LogP contribution in [-0.2, 0) is 0 Å². The minimum Gasteiger partial charge on any atom is -0.409 e. The molecule has 0 amide bonds. The Bertz CT molecular complexity index is 485. The van der Waals surface area contributed by atoms with Crippen molar-refractivity contribution in [1.82, 2.24) is 0 Å². The van der Waals surface area contributed by atoms with Crippen molar-refractivity contribution < 1.29 is 5.21 Å². The Kier molecular flexibility index (Phi) is 3.39. The first-order valence-electron chi connectivity index (χ1n) is 6.01. The molecule has 1 saturated heterocycles. The highest BCUT2D eigenvalue weighted by molar-refractivity contribution is 6.33. The Labute approximate surface area is 112 Å². The predicted molar refractivity (Wildman–Crippen MR) is 74.6 cm³/mol. The summed E-state index contributed by atoms with van der Waals surface area (Å²) in [5.41, 5.74) is 7.31. The Hall–Kier alpha value is -1.42. The number of oxime groups is 1. The lowest BCUT2D eigenvalue weighted by atomic mass is 10.0. The smallest absolute Gasteiger partial charge is 0.170 e. The lowest BCUT2D eigenvalue weighted by molar-refractivity contribution is 0.318. The van der Waals surface area contributed by atoms with Gasteiger partial charge in [-0.15, -0.1) is 0 Å². The van der Waals surface area contributed by atoms with Crippen molar-refractivity contribution >= 4 is 23.1 Å². The van der Waals surface area contributed by atoms with Gasteiger partial charge in [0.2, 0.25) is 0 Å². The van der Waals surface area contributed by atoms with Gasteiger partial charge in [-0.05, 0) is 44.9 Å². The number of nitrogens with two attached hydrogens (primary N) is 1. The van der Waals surface area contributed by atoms with Crippen molar-refractivity contribution in [2.45, 2.75) is 32.2 Å². The molecule has 5 heteroatoms. The van der Waals surface area contributed by atoms with Crippen LogP contribution in [0.3, 0.4) is 0 Å². The minimum absolute atomic E-state index is 0.0733. The van der Waals surface area contributed by atoms with Gasteiger partial charge in [-0.1, -0.05) is 16.8 Å². The predicted octanol–water partition coefficient (Wildman–Crippen LogP) is 2.81. The van der Waals surface area contributed by atoms with Gasteiger partial charge in [0, 0.05) is 17.6 Å². The zero-order valence-electron chi connectivity index (χ0n) is 10.7. The van der Waals surface area contributed by atoms with E-state index < -0.39 is 0 Å². The molecule has 0 bridgehead atoms. The van der Waals surface area contributed by atoms with Gasteiger partial charge in [0.05, 0.1) is 10.7 Å². The molecular weight excluding hydrogens is 250 g/mol. The molecule has 1 aromatic carbocycles. The number of benzene rings is 1. The third kappa shape index (κ3) is 2.25. The van der Waals surface area contributed by atoms with E-state index in [1.165, 1.54) is 6.42 Å². The first-order valence-corrected chi connectivity index (χ1v) is 6.38. The molecule has 2 rings (SSSR count). The average Bonchev–Trinajstić information content (AvgIpc) is 2.68. The van der Waals surface area contributed by atoms with Gasteiger partial charge in [-0.25, -0.2) is 0 Å². The van der Waals surface area contributed by atoms with Crippen LogP contribution in [0.15, 0.2) is 23.4 Å². The first-order chi connectivity index (χ1) is 8.45. The van der Waals surface area contributed by atoms with Gasteiger partial charge in [0.25, 0.3) is 0 Å². The molecule has 1 aliphatic heterocycles. The number of rotatable bonds is 2. The Morgan fingerprint density at radius 2 is 2.22 bits per heavy atom. The van der Waals surface area contributed by atoms with Gasteiger partial charge >= 0.3 is 0 Å². The first kappa shape index (κ1) is 13.0. The molecule has 0 aromatic heterocycles. The van der Waals surface area contributed by atoms with E-state index in [-0.39, 0.29) is 11.4 Å². The van der Waals surface area contributed by atoms with Crippen LogP contribution in [-0.4, -0.2) is 23.1 Å². The van der Waals surface area contributed by atoms with Crippen molar-refractivity contribution in [3.05, 3.63) is 28.8 Å². The molecule has 98 valence electrons. The number of hydrogen-bond donors (Lipinski definition) is 2. The second-order valence-electron chi connectivity index (χ2n) is 5.22. The Balaban J connectivity index is 2.36. The second kappa shape index (κ2) is 4.69. The molecule has 1 aliphatic rings. The highest BCUT2D eigenvalue weighted by Gasteiger charge is 2.32. The normalized spacial score (nSPS) is 19.3. The number of anilines is 1. The summed E-state index contributed by atoms with van der Waals surface area (Å²) in [6.45, 7) is 5.44. The molecule has 0 spiro atoms. The molecule has 18 heavy (non-hydrogen) atoms. The van der Waals surface area contributed by atoms with Gasteiger partial charge < -0.3 is 15.8 Å². The van der Waals surface area contributed by atoms with Crippen LogP contribution in [0.2, 0.25) is 5.02 Å². The molecule has 1 heterocycles. The van der Waals surface area contributed by atoms with E-state index in [1.54, 1.807) is 6.07 Å². The molecule has 1 fully saturated rings. The molecule has 0 radical (unpaired) electrons. The summed E-state index contributed by atoms with van der Waals surface area (Å²) in [4.78, 5) is 2.31. The van der Waals surface area contributed by atoms with Crippen LogP contribution < -0.4 is 10.6 Å². The van der Waals surface area contributed by atoms with E-state index in [2.05, 4.69) is 23.9 Å². The summed E-state index contributed by atoms with van der Waals surface area (Å²) in [6, 6.07) is 5.49. The van der Waals surface area contributed by atoms with Crippen molar-refractivity contribution in [3.8, 4) is 0 Å². The molecule has 0 unspecified atom stereocenters. The van der Waals surface area contributed by atoms with E-state index in [9.17, 15) is 0 Å². The number of hydrogen-bond acceptors (Lipinski definition) is 3. The molecule has 1 aromatic rings. The zero-order valence-corrected chi connectivity index (χ0v) is 11.4. The van der Waals surface area contributed by atoms with E-state index in [0.717, 1.165) is 18.7 Å². The largest absolute Gasteiger partial charge is 0.409 e.